The number of carbonyl (C=O) groups excluding carboxylic acids is 2. The van der Waals surface area contributed by atoms with Gasteiger partial charge in [-0.3, -0.25) is 9.59 Å². The van der Waals surface area contributed by atoms with Gasteiger partial charge < -0.3 is 20.3 Å². The molecule has 2 aromatic carbocycles. The minimum absolute atomic E-state index is 0.0508. The van der Waals surface area contributed by atoms with Crippen LogP contribution in [0.4, 0.5) is 11.4 Å². The van der Waals surface area contributed by atoms with Crippen LogP contribution in [0.15, 0.2) is 48.5 Å². The number of anilines is 2. The normalized spacial score (nSPS) is 13.4. The Morgan fingerprint density at radius 2 is 1.77 bits per heavy atom. The minimum Gasteiger partial charge on any atom is -0.494 e. The first-order chi connectivity index (χ1) is 14.5. The zero-order valence-electron chi connectivity index (χ0n) is 17.8. The van der Waals surface area contributed by atoms with Gasteiger partial charge in [0.1, 0.15) is 5.75 Å². The molecular weight excluding hydrogens is 378 g/mol. The molecule has 0 bridgehead atoms. The van der Waals surface area contributed by atoms with Gasteiger partial charge in [0.25, 0.3) is 5.91 Å². The molecule has 6 nitrogen and oxygen atoms in total. The fourth-order valence-corrected chi connectivity index (χ4v) is 3.33. The van der Waals surface area contributed by atoms with Gasteiger partial charge in [-0.1, -0.05) is 26.0 Å². The molecule has 6 heteroatoms. The van der Waals surface area contributed by atoms with E-state index in [1.807, 2.05) is 47.4 Å². The number of nitrogens with zero attached hydrogens (tertiary/aromatic N) is 1. The van der Waals surface area contributed by atoms with Gasteiger partial charge in [0.05, 0.1) is 13.2 Å². The third-order valence-corrected chi connectivity index (χ3v) is 5.04. The molecule has 1 aliphatic heterocycles. The lowest BCUT2D eigenvalue weighted by Crippen LogP contribution is -2.27. The van der Waals surface area contributed by atoms with Gasteiger partial charge in [-0.05, 0) is 55.5 Å². The van der Waals surface area contributed by atoms with E-state index in [0.29, 0.717) is 23.8 Å². The molecule has 30 heavy (non-hydrogen) atoms. The van der Waals surface area contributed by atoms with Crippen LogP contribution in [-0.2, 0) is 4.79 Å². The summed E-state index contributed by atoms with van der Waals surface area (Å²) in [6.07, 6.45) is 3.11. The van der Waals surface area contributed by atoms with Crippen molar-refractivity contribution in [1.29, 1.82) is 0 Å². The highest BCUT2D eigenvalue weighted by Gasteiger charge is 2.19. The lowest BCUT2D eigenvalue weighted by molar-refractivity contribution is -0.114. The molecule has 0 aliphatic carbocycles. The quantitative estimate of drug-likeness (QED) is 0.644. The van der Waals surface area contributed by atoms with Crippen molar-refractivity contribution in [3.8, 4) is 5.75 Å². The molecule has 2 aromatic rings. The Morgan fingerprint density at radius 3 is 2.53 bits per heavy atom. The van der Waals surface area contributed by atoms with Gasteiger partial charge in [0, 0.05) is 36.1 Å². The molecule has 0 aromatic heterocycles. The van der Waals surface area contributed by atoms with Crippen molar-refractivity contribution < 1.29 is 14.3 Å². The molecule has 3 rings (SSSR count). The second kappa shape index (κ2) is 10.7. The maximum absolute atomic E-state index is 12.5. The van der Waals surface area contributed by atoms with E-state index in [2.05, 4.69) is 24.5 Å². The van der Waals surface area contributed by atoms with Crippen LogP contribution in [0.25, 0.3) is 0 Å². The van der Waals surface area contributed by atoms with E-state index in [1.54, 1.807) is 6.07 Å². The highest BCUT2D eigenvalue weighted by Crippen LogP contribution is 2.19. The summed E-state index contributed by atoms with van der Waals surface area (Å²) in [7, 11) is 0. The Bertz CT molecular complexity index is 860. The zero-order valence-corrected chi connectivity index (χ0v) is 17.8. The number of hydrogen-bond acceptors (Lipinski definition) is 4. The van der Waals surface area contributed by atoms with E-state index in [9.17, 15) is 9.59 Å². The van der Waals surface area contributed by atoms with Gasteiger partial charge in [0.2, 0.25) is 5.91 Å². The third-order valence-electron chi connectivity index (χ3n) is 5.04. The van der Waals surface area contributed by atoms with E-state index in [1.165, 1.54) is 0 Å². The van der Waals surface area contributed by atoms with E-state index in [-0.39, 0.29) is 18.4 Å². The maximum Gasteiger partial charge on any atom is 0.253 e. The summed E-state index contributed by atoms with van der Waals surface area (Å²) >= 11 is 0. The molecule has 1 fully saturated rings. The summed E-state index contributed by atoms with van der Waals surface area (Å²) in [5.74, 6) is 1.22. The first-order valence-corrected chi connectivity index (χ1v) is 10.7. The van der Waals surface area contributed by atoms with Crippen molar-refractivity contribution in [1.82, 2.24) is 4.90 Å². The minimum atomic E-state index is -0.161. The largest absolute Gasteiger partial charge is 0.494 e. The molecule has 0 spiro atoms. The molecular formula is C24H31N3O3. The molecule has 1 saturated heterocycles. The van der Waals surface area contributed by atoms with Crippen LogP contribution >= 0.6 is 0 Å². The third kappa shape index (κ3) is 6.51. The van der Waals surface area contributed by atoms with Crippen molar-refractivity contribution in [2.24, 2.45) is 5.92 Å². The molecule has 2 N–H and O–H groups in total. The Morgan fingerprint density at radius 1 is 1.03 bits per heavy atom. The summed E-state index contributed by atoms with van der Waals surface area (Å²) in [6.45, 7) is 6.72. The van der Waals surface area contributed by atoms with Gasteiger partial charge in [0.15, 0.2) is 0 Å². The van der Waals surface area contributed by atoms with Crippen LogP contribution in [-0.4, -0.2) is 43.0 Å². The molecule has 1 aliphatic rings. The van der Waals surface area contributed by atoms with Gasteiger partial charge in [-0.2, -0.15) is 0 Å². The molecule has 0 unspecified atom stereocenters. The standard InChI is InChI=1S/C24H31N3O3/c1-18(2)11-14-30-22-10-6-9-21(16-22)26-23(28)17-25-20-8-5-7-19(15-20)24(29)27-12-3-4-13-27/h5-10,15-16,18,25H,3-4,11-14,17H2,1-2H3,(H,26,28). The predicted octanol–water partition coefficient (Wildman–Crippen LogP) is 4.40. The van der Waals surface area contributed by atoms with Crippen molar-refractivity contribution in [2.75, 3.05) is 36.9 Å². The summed E-state index contributed by atoms with van der Waals surface area (Å²) in [5, 5.41) is 5.98. The lowest BCUT2D eigenvalue weighted by atomic mass is 10.1. The second-order valence-corrected chi connectivity index (χ2v) is 8.04. The van der Waals surface area contributed by atoms with E-state index in [4.69, 9.17) is 4.74 Å². The molecule has 0 atom stereocenters. The van der Waals surface area contributed by atoms with Crippen LogP contribution < -0.4 is 15.4 Å². The smallest absolute Gasteiger partial charge is 0.253 e. The number of rotatable bonds is 9. The number of benzene rings is 2. The number of hydrogen-bond donors (Lipinski definition) is 2. The van der Waals surface area contributed by atoms with Crippen molar-refractivity contribution in [3.63, 3.8) is 0 Å². The fourth-order valence-electron chi connectivity index (χ4n) is 3.33. The van der Waals surface area contributed by atoms with Crippen molar-refractivity contribution in [3.05, 3.63) is 54.1 Å². The molecule has 160 valence electrons. The number of nitrogens with one attached hydrogen (secondary N) is 2. The predicted molar refractivity (Wildman–Crippen MR) is 120 cm³/mol. The Hall–Kier alpha value is -3.02. The van der Waals surface area contributed by atoms with E-state index in [0.717, 1.165) is 43.8 Å². The van der Waals surface area contributed by atoms with Crippen molar-refractivity contribution >= 4 is 23.2 Å². The molecule has 0 radical (unpaired) electrons. The summed E-state index contributed by atoms with van der Waals surface area (Å²) in [5.41, 5.74) is 2.09. The topological polar surface area (TPSA) is 70.7 Å². The first kappa shape index (κ1) is 21.7. The summed E-state index contributed by atoms with van der Waals surface area (Å²) in [4.78, 5) is 26.7. The average Bonchev–Trinajstić information content (AvgIpc) is 3.27. The highest BCUT2D eigenvalue weighted by atomic mass is 16.5. The highest BCUT2D eigenvalue weighted by molar-refractivity contribution is 5.96. The zero-order chi connectivity index (χ0) is 21.3. The lowest BCUT2D eigenvalue weighted by Gasteiger charge is -2.16. The number of amides is 2. The Kier molecular flexibility index (Phi) is 7.71. The average molecular weight is 410 g/mol. The first-order valence-electron chi connectivity index (χ1n) is 10.7. The van der Waals surface area contributed by atoms with Gasteiger partial charge >= 0.3 is 0 Å². The fraction of sp³-hybridized carbons (Fsp3) is 0.417. The maximum atomic E-state index is 12.5. The molecule has 2 amide bonds. The summed E-state index contributed by atoms with van der Waals surface area (Å²) in [6, 6.07) is 14.7. The number of likely N-dealkylation sites (tertiary alicyclic amines) is 1. The second-order valence-electron chi connectivity index (χ2n) is 8.04. The number of carbonyl (C=O) groups is 2. The van der Waals surface area contributed by atoms with Crippen LogP contribution in [0.2, 0.25) is 0 Å². The molecule has 1 heterocycles. The monoisotopic (exact) mass is 409 g/mol. The summed E-state index contributed by atoms with van der Waals surface area (Å²) < 4.78 is 5.74. The van der Waals surface area contributed by atoms with Crippen LogP contribution in [0.5, 0.6) is 5.75 Å². The van der Waals surface area contributed by atoms with Crippen molar-refractivity contribution in [2.45, 2.75) is 33.1 Å². The SMILES string of the molecule is CC(C)CCOc1cccc(NC(=O)CNc2cccc(C(=O)N3CCCC3)c2)c1. The van der Waals surface area contributed by atoms with Crippen LogP contribution in [0, 0.1) is 5.92 Å². The van der Waals surface area contributed by atoms with Gasteiger partial charge in [-0.15, -0.1) is 0 Å². The van der Waals surface area contributed by atoms with E-state index < -0.39 is 0 Å². The molecule has 0 saturated carbocycles. The van der Waals surface area contributed by atoms with Crippen LogP contribution in [0.1, 0.15) is 43.5 Å². The Labute approximate surface area is 178 Å². The van der Waals surface area contributed by atoms with Crippen LogP contribution in [0.3, 0.4) is 0 Å². The Balaban J connectivity index is 1.50. The van der Waals surface area contributed by atoms with Gasteiger partial charge in [-0.25, -0.2) is 0 Å². The number of ether oxygens (including phenoxy) is 1. The van der Waals surface area contributed by atoms with E-state index >= 15 is 0 Å².